The lowest BCUT2D eigenvalue weighted by molar-refractivity contribution is 0.632. The molecule has 2 aromatic carbocycles. The summed E-state index contributed by atoms with van der Waals surface area (Å²) >= 11 is 1.38. The number of hydrogen-bond acceptors (Lipinski definition) is 3. The molecule has 3 N–H and O–H groups in total. The third-order valence-corrected chi connectivity index (χ3v) is 2.86. The van der Waals surface area contributed by atoms with Crippen molar-refractivity contribution in [2.24, 2.45) is 0 Å². The summed E-state index contributed by atoms with van der Waals surface area (Å²) in [6.45, 7) is 0. The average molecular weight is 248 g/mol. The van der Waals surface area contributed by atoms with Crippen LogP contribution in [0.3, 0.4) is 0 Å². The number of nitrogens with one attached hydrogen (secondary N) is 1. The molecule has 0 fully saturated rings. The molecular weight excluding hydrogens is 235 g/mol. The molecule has 0 unspecified atom stereocenters. The van der Waals surface area contributed by atoms with Crippen molar-refractivity contribution < 1.29 is 4.39 Å². The van der Waals surface area contributed by atoms with Crippen LogP contribution in [-0.2, 0) is 0 Å². The molecule has 4 heteroatoms. The first-order chi connectivity index (χ1) is 8.22. The summed E-state index contributed by atoms with van der Waals surface area (Å²) in [6, 6.07) is 12.4. The Bertz CT molecular complexity index is 514. The molecule has 0 bridgehead atoms. The highest BCUT2D eigenvalue weighted by Gasteiger charge is 2.09. The van der Waals surface area contributed by atoms with E-state index in [9.17, 15) is 4.39 Å². The molecule has 0 radical (unpaired) electrons. The van der Waals surface area contributed by atoms with Crippen molar-refractivity contribution in [3.8, 4) is 11.1 Å². The fraction of sp³-hybridized carbons (Fsp3) is 0.0769. The lowest BCUT2D eigenvalue weighted by atomic mass is 10.0. The summed E-state index contributed by atoms with van der Waals surface area (Å²) in [4.78, 5) is 0. The predicted octanol–water partition coefficient (Wildman–Crippen LogP) is 3.76. The molecule has 2 nitrogen and oxygen atoms in total. The summed E-state index contributed by atoms with van der Waals surface area (Å²) in [6.07, 6.45) is 1.86. The first-order valence-corrected chi connectivity index (χ1v) is 6.38. The zero-order valence-corrected chi connectivity index (χ0v) is 10.2. The van der Waals surface area contributed by atoms with E-state index >= 15 is 0 Å². The molecule has 88 valence electrons. The second kappa shape index (κ2) is 5.10. The Balaban J connectivity index is 2.47. The van der Waals surface area contributed by atoms with Gasteiger partial charge in [0.2, 0.25) is 0 Å². The van der Waals surface area contributed by atoms with Gasteiger partial charge in [0.05, 0.1) is 11.4 Å². The molecule has 17 heavy (non-hydrogen) atoms. The van der Waals surface area contributed by atoms with Crippen LogP contribution in [0.4, 0.5) is 15.8 Å². The fourth-order valence-corrected chi connectivity index (χ4v) is 2.02. The maximum absolute atomic E-state index is 13.9. The van der Waals surface area contributed by atoms with Gasteiger partial charge in [0.1, 0.15) is 5.82 Å². The van der Waals surface area contributed by atoms with Crippen LogP contribution in [0.25, 0.3) is 11.1 Å². The monoisotopic (exact) mass is 248 g/mol. The minimum absolute atomic E-state index is 0.276. The molecule has 0 heterocycles. The quantitative estimate of drug-likeness (QED) is 0.641. The van der Waals surface area contributed by atoms with Gasteiger partial charge < -0.3 is 10.5 Å². The van der Waals surface area contributed by atoms with Crippen LogP contribution >= 0.6 is 11.9 Å². The molecule has 2 aromatic rings. The predicted molar refractivity (Wildman–Crippen MR) is 73.4 cm³/mol. The lowest BCUT2D eigenvalue weighted by Crippen LogP contribution is -1.96. The summed E-state index contributed by atoms with van der Waals surface area (Å²) in [7, 11) is 0. The number of nitrogens with two attached hydrogens (primary N) is 1. The van der Waals surface area contributed by atoms with Crippen LogP contribution in [0.15, 0.2) is 42.5 Å². The maximum Gasteiger partial charge on any atom is 0.133 e. The number of rotatable bonds is 3. The largest absolute Gasteiger partial charge is 0.397 e. The zero-order chi connectivity index (χ0) is 12.3. The van der Waals surface area contributed by atoms with Crippen LogP contribution in [0.2, 0.25) is 0 Å². The maximum atomic E-state index is 13.9. The van der Waals surface area contributed by atoms with E-state index in [2.05, 4.69) is 4.72 Å². The summed E-state index contributed by atoms with van der Waals surface area (Å²) < 4.78 is 16.9. The smallest absolute Gasteiger partial charge is 0.133 e. The zero-order valence-electron chi connectivity index (χ0n) is 9.41. The normalized spacial score (nSPS) is 10.2. The van der Waals surface area contributed by atoms with Crippen LogP contribution in [0.5, 0.6) is 0 Å². The third-order valence-electron chi connectivity index (χ3n) is 2.44. The van der Waals surface area contributed by atoms with Crippen molar-refractivity contribution in [3.05, 3.63) is 48.3 Å². The van der Waals surface area contributed by atoms with Gasteiger partial charge in [-0.2, -0.15) is 0 Å². The Morgan fingerprint density at radius 1 is 1.18 bits per heavy atom. The van der Waals surface area contributed by atoms with Gasteiger partial charge in [-0.15, -0.1) is 0 Å². The van der Waals surface area contributed by atoms with Crippen LogP contribution in [0, 0.1) is 5.82 Å². The van der Waals surface area contributed by atoms with E-state index in [4.69, 9.17) is 5.73 Å². The van der Waals surface area contributed by atoms with Crippen molar-refractivity contribution in [1.82, 2.24) is 0 Å². The van der Waals surface area contributed by atoms with Gasteiger partial charge in [-0.25, -0.2) is 4.39 Å². The Morgan fingerprint density at radius 2 is 1.88 bits per heavy atom. The fourth-order valence-electron chi connectivity index (χ4n) is 1.63. The van der Waals surface area contributed by atoms with Crippen molar-refractivity contribution in [1.29, 1.82) is 0 Å². The molecule has 0 aliphatic heterocycles. The molecule has 0 atom stereocenters. The van der Waals surface area contributed by atoms with Gasteiger partial charge in [-0.3, -0.25) is 0 Å². The van der Waals surface area contributed by atoms with Gasteiger partial charge in [-0.1, -0.05) is 42.3 Å². The van der Waals surface area contributed by atoms with Crippen molar-refractivity contribution in [3.63, 3.8) is 0 Å². The minimum atomic E-state index is -0.276. The van der Waals surface area contributed by atoms with Crippen molar-refractivity contribution in [2.45, 2.75) is 0 Å². The Morgan fingerprint density at radius 3 is 2.53 bits per heavy atom. The number of hydrogen-bond donors (Lipinski definition) is 2. The van der Waals surface area contributed by atoms with E-state index < -0.39 is 0 Å². The number of benzene rings is 2. The van der Waals surface area contributed by atoms with Gasteiger partial charge in [0, 0.05) is 17.9 Å². The van der Waals surface area contributed by atoms with Gasteiger partial charge in [-0.05, 0) is 11.6 Å². The highest BCUT2D eigenvalue weighted by molar-refractivity contribution is 7.99. The lowest BCUT2D eigenvalue weighted by Gasteiger charge is -2.10. The third kappa shape index (κ3) is 2.53. The Labute approximate surface area is 104 Å². The highest BCUT2D eigenvalue weighted by atomic mass is 32.2. The number of nitrogen functional groups attached to an aromatic ring is 1. The molecule has 0 aliphatic rings. The van der Waals surface area contributed by atoms with Crippen LogP contribution in [-0.4, -0.2) is 6.26 Å². The summed E-state index contributed by atoms with van der Waals surface area (Å²) in [5, 5.41) is 0. The Kier molecular flexibility index (Phi) is 3.54. The summed E-state index contributed by atoms with van der Waals surface area (Å²) in [5.74, 6) is -0.276. The molecule has 2 rings (SSSR count). The molecule has 0 amide bonds. The van der Waals surface area contributed by atoms with Crippen LogP contribution < -0.4 is 10.5 Å². The molecule has 0 aromatic heterocycles. The molecule has 0 saturated heterocycles. The second-order valence-corrected chi connectivity index (χ2v) is 4.20. The first-order valence-electron chi connectivity index (χ1n) is 5.16. The number of anilines is 2. The van der Waals surface area contributed by atoms with Gasteiger partial charge >= 0.3 is 0 Å². The topological polar surface area (TPSA) is 38.0 Å². The molecular formula is C13H13FN2S. The SMILES string of the molecule is CSNc1cc(F)c(-c2ccccc2)cc1N. The first kappa shape index (κ1) is 11.8. The average Bonchev–Trinajstić information content (AvgIpc) is 2.35. The highest BCUT2D eigenvalue weighted by Crippen LogP contribution is 2.30. The molecule has 0 spiro atoms. The standard InChI is InChI=1S/C13H13FN2S/c1-17-16-13-8-11(14)10(7-12(13)15)9-5-3-2-4-6-9/h2-8,16H,15H2,1H3. The molecule has 0 aliphatic carbocycles. The molecule has 0 saturated carbocycles. The van der Waals surface area contributed by atoms with E-state index in [-0.39, 0.29) is 5.82 Å². The van der Waals surface area contributed by atoms with Gasteiger partial charge in [0.15, 0.2) is 0 Å². The minimum Gasteiger partial charge on any atom is -0.397 e. The van der Waals surface area contributed by atoms with Crippen LogP contribution in [0.1, 0.15) is 0 Å². The van der Waals surface area contributed by atoms with E-state index in [0.717, 1.165) is 5.56 Å². The second-order valence-electron chi connectivity index (χ2n) is 3.59. The van der Waals surface area contributed by atoms with Gasteiger partial charge in [0.25, 0.3) is 0 Å². The van der Waals surface area contributed by atoms with E-state index in [1.807, 2.05) is 36.6 Å². The van der Waals surface area contributed by atoms with E-state index in [1.165, 1.54) is 18.0 Å². The summed E-state index contributed by atoms with van der Waals surface area (Å²) in [5.41, 5.74) is 8.37. The van der Waals surface area contributed by atoms with Crippen molar-refractivity contribution in [2.75, 3.05) is 16.7 Å². The van der Waals surface area contributed by atoms with Crippen molar-refractivity contribution >= 4 is 23.3 Å². The van der Waals surface area contributed by atoms with E-state index in [1.54, 1.807) is 6.07 Å². The number of halogens is 1. The Hall–Kier alpha value is -1.68. The van der Waals surface area contributed by atoms with E-state index in [0.29, 0.717) is 16.9 Å².